The molecule has 140 valence electrons. The van der Waals surface area contributed by atoms with E-state index in [9.17, 15) is 23.6 Å². The fourth-order valence-corrected chi connectivity index (χ4v) is 2.51. The zero-order valence-electron chi connectivity index (χ0n) is 14.5. The van der Waals surface area contributed by atoms with Crippen LogP contribution < -0.4 is 10.2 Å². The Morgan fingerprint density at radius 3 is 2.69 bits per heavy atom. The van der Waals surface area contributed by atoms with Crippen LogP contribution in [0.3, 0.4) is 0 Å². The van der Waals surface area contributed by atoms with E-state index >= 15 is 0 Å². The molecule has 0 bridgehead atoms. The molecule has 1 aromatic rings. The molecule has 1 atom stereocenters. The number of carbonyl (C=O) groups is 4. The quantitative estimate of drug-likeness (QED) is 0.712. The van der Waals surface area contributed by atoms with Gasteiger partial charge in [-0.05, 0) is 12.1 Å². The van der Waals surface area contributed by atoms with Crippen molar-refractivity contribution in [3.63, 3.8) is 0 Å². The van der Waals surface area contributed by atoms with Crippen molar-refractivity contribution >= 4 is 29.4 Å². The van der Waals surface area contributed by atoms with Gasteiger partial charge in [-0.15, -0.1) is 0 Å². The number of nitrogens with zero attached hydrogens (tertiary/aromatic N) is 2. The number of ether oxygens (including phenoxy) is 1. The van der Waals surface area contributed by atoms with Crippen LogP contribution in [-0.2, 0) is 23.9 Å². The van der Waals surface area contributed by atoms with E-state index in [0.29, 0.717) is 0 Å². The van der Waals surface area contributed by atoms with Gasteiger partial charge in [0.25, 0.3) is 5.91 Å². The lowest BCUT2D eigenvalue weighted by Gasteiger charge is -2.18. The van der Waals surface area contributed by atoms with Crippen molar-refractivity contribution < 1.29 is 28.3 Å². The van der Waals surface area contributed by atoms with Crippen LogP contribution in [0.1, 0.15) is 6.42 Å². The van der Waals surface area contributed by atoms with Crippen LogP contribution in [0.15, 0.2) is 24.3 Å². The molecule has 0 aliphatic carbocycles. The summed E-state index contributed by atoms with van der Waals surface area (Å²) in [5.74, 6) is -3.33. The molecule has 26 heavy (non-hydrogen) atoms. The maximum absolute atomic E-state index is 13.8. The number of carbonyl (C=O) groups excluding carboxylic acids is 4. The molecule has 9 heteroatoms. The third-order valence-electron chi connectivity index (χ3n) is 4.02. The van der Waals surface area contributed by atoms with Crippen molar-refractivity contribution in [3.05, 3.63) is 30.1 Å². The van der Waals surface area contributed by atoms with Gasteiger partial charge in [-0.3, -0.25) is 19.2 Å². The summed E-state index contributed by atoms with van der Waals surface area (Å²) in [4.78, 5) is 49.6. The second-order valence-electron chi connectivity index (χ2n) is 5.89. The van der Waals surface area contributed by atoms with E-state index in [1.165, 1.54) is 37.2 Å². The molecule has 1 aromatic carbocycles. The van der Waals surface area contributed by atoms with E-state index in [0.717, 1.165) is 4.90 Å². The first-order valence-corrected chi connectivity index (χ1v) is 7.99. The van der Waals surface area contributed by atoms with E-state index in [4.69, 9.17) is 4.74 Å². The number of rotatable bonds is 6. The number of hydrogen-bond acceptors (Lipinski definition) is 5. The first-order chi connectivity index (χ1) is 12.3. The predicted octanol–water partition coefficient (Wildman–Crippen LogP) is -0.0738. The Bertz CT molecular complexity index is 724. The van der Waals surface area contributed by atoms with E-state index in [2.05, 4.69) is 5.32 Å². The fourth-order valence-electron chi connectivity index (χ4n) is 2.51. The molecule has 0 aromatic heterocycles. The second kappa shape index (κ2) is 8.41. The van der Waals surface area contributed by atoms with E-state index in [1.807, 2.05) is 0 Å². The number of likely N-dealkylation sites (N-methyl/N-ethyl adjacent to an activating group) is 2. The summed E-state index contributed by atoms with van der Waals surface area (Å²) in [5, 5.41) is 2.38. The summed E-state index contributed by atoms with van der Waals surface area (Å²) in [6, 6.07) is 5.79. The maximum Gasteiger partial charge on any atom is 0.311 e. The smallest absolute Gasteiger partial charge is 0.311 e. The fraction of sp³-hybridized carbons (Fsp3) is 0.412. The molecule has 0 unspecified atom stereocenters. The van der Waals surface area contributed by atoms with Crippen molar-refractivity contribution in [2.75, 3.05) is 38.7 Å². The minimum atomic E-state index is -0.779. The van der Waals surface area contributed by atoms with Crippen molar-refractivity contribution in [2.45, 2.75) is 6.42 Å². The Morgan fingerprint density at radius 2 is 2.04 bits per heavy atom. The molecule has 1 saturated heterocycles. The summed E-state index contributed by atoms with van der Waals surface area (Å²) in [6.45, 7) is -0.701. The van der Waals surface area contributed by atoms with Gasteiger partial charge in [-0.1, -0.05) is 12.1 Å². The number of halogens is 1. The highest BCUT2D eigenvalue weighted by molar-refractivity contribution is 5.99. The molecule has 1 N–H and O–H groups in total. The van der Waals surface area contributed by atoms with Crippen LogP contribution in [0.4, 0.5) is 10.1 Å². The van der Waals surface area contributed by atoms with Crippen molar-refractivity contribution in [1.82, 2.24) is 10.2 Å². The summed E-state index contributed by atoms with van der Waals surface area (Å²) < 4.78 is 18.8. The van der Waals surface area contributed by atoms with Crippen LogP contribution in [0.25, 0.3) is 0 Å². The van der Waals surface area contributed by atoms with Crippen molar-refractivity contribution in [3.8, 4) is 0 Å². The number of benzene rings is 1. The Morgan fingerprint density at radius 1 is 1.35 bits per heavy atom. The lowest BCUT2D eigenvalue weighted by molar-refractivity contribution is -0.155. The van der Waals surface area contributed by atoms with Gasteiger partial charge in [-0.2, -0.15) is 0 Å². The SMILES string of the molecule is CNC(=O)CN(C)C(=O)COC(=O)[C@H]1CC(=O)N(c2ccccc2F)C1. The number of anilines is 1. The minimum absolute atomic E-state index is 0.0130. The summed E-state index contributed by atoms with van der Waals surface area (Å²) >= 11 is 0. The third-order valence-corrected chi connectivity index (χ3v) is 4.02. The van der Waals surface area contributed by atoms with Gasteiger partial charge >= 0.3 is 5.97 Å². The first kappa shape index (κ1) is 19.4. The average molecular weight is 365 g/mol. The molecule has 3 amide bonds. The Hall–Kier alpha value is -2.97. The Kier molecular flexibility index (Phi) is 6.26. The normalized spacial score (nSPS) is 16.3. The Labute approximate surface area is 149 Å². The van der Waals surface area contributed by atoms with Gasteiger partial charge in [-0.25, -0.2) is 4.39 Å². The van der Waals surface area contributed by atoms with Crippen LogP contribution in [-0.4, -0.2) is 62.4 Å². The second-order valence-corrected chi connectivity index (χ2v) is 5.89. The lowest BCUT2D eigenvalue weighted by atomic mass is 10.1. The summed E-state index contributed by atoms with van der Waals surface area (Å²) in [7, 11) is 2.85. The largest absolute Gasteiger partial charge is 0.455 e. The molecule has 1 heterocycles. The average Bonchev–Trinajstić information content (AvgIpc) is 3.01. The molecule has 1 fully saturated rings. The molecule has 2 rings (SSSR count). The van der Waals surface area contributed by atoms with Gasteiger partial charge in [0.05, 0.1) is 18.2 Å². The van der Waals surface area contributed by atoms with Crippen molar-refractivity contribution in [2.24, 2.45) is 5.92 Å². The Balaban J connectivity index is 1.89. The number of hydrogen-bond donors (Lipinski definition) is 1. The van der Waals surface area contributed by atoms with Gasteiger partial charge in [0.15, 0.2) is 6.61 Å². The topological polar surface area (TPSA) is 96.0 Å². The first-order valence-electron chi connectivity index (χ1n) is 7.99. The van der Waals surface area contributed by atoms with Crippen molar-refractivity contribution in [1.29, 1.82) is 0 Å². The van der Waals surface area contributed by atoms with Gasteiger partial charge < -0.3 is 19.9 Å². The number of esters is 1. The standard InChI is InChI=1S/C17H20FN3O5/c1-19-14(22)9-20(2)16(24)10-26-17(25)11-7-15(23)21(8-11)13-6-4-3-5-12(13)18/h3-6,11H,7-10H2,1-2H3,(H,19,22)/t11-/m0/s1. The number of amides is 3. The number of nitrogens with one attached hydrogen (secondary N) is 1. The molecular formula is C17H20FN3O5. The molecule has 0 spiro atoms. The van der Waals surface area contributed by atoms with Crippen LogP contribution in [0.2, 0.25) is 0 Å². The molecular weight excluding hydrogens is 345 g/mol. The third kappa shape index (κ3) is 4.56. The molecule has 1 aliphatic rings. The van der Waals surface area contributed by atoms with E-state index in [1.54, 1.807) is 6.07 Å². The molecule has 1 aliphatic heterocycles. The van der Waals surface area contributed by atoms with E-state index < -0.39 is 30.2 Å². The maximum atomic E-state index is 13.8. The van der Waals surface area contributed by atoms with Gasteiger partial charge in [0.2, 0.25) is 11.8 Å². The van der Waals surface area contributed by atoms with Crippen LogP contribution in [0, 0.1) is 11.7 Å². The highest BCUT2D eigenvalue weighted by Crippen LogP contribution is 2.27. The summed E-state index contributed by atoms with van der Waals surface area (Å²) in [5.41, 5.74) is 0.106. The van der Waals surface area contributed by atoms with Gasteiger partial charge in [0, 0.05) is 27.1 Å². The lowest BCUT2D eigenvalue weighted by Crippen LogP contribution is -2.39. The number of para-hydroxylation sites is 1. The van der Waals surface area contributed by atoms with Crippen LogP contribution >= 0.6 is 0 Å². The minimum Gasteiger partial charge on any atom is -0.455 e. The zero-order chi connectivity index (χ0) is 19.3. The molecule has 0 saturated carbocycles. The summed E-state index contributed by atoms with van der Waals surface area (Å²) in [6.07, 6.45) is -0.116. The monoisotopic (exact) mass is 365 g/mol. The van der Waals surface area contributed by atoms with Gasteiger partial charge in [0.1, 0.15) is 5.82 Å². The predicted molar refractivity (Wildman–Crippen MR) is 89.5 cm³/mol. The van der Waals surface area contributed by atoms with E-state index in [-0.39, 0.29) is 37.0 Å². The zero-order valence-corrected chi connectivity index (χ0v) is 14.5. The van der Waals surface area contributed by atoms with Crippen LogP contribution in [0.5, 0.6) is 0 Å². The highest BCUT2D eigenvalue weighted by Gasteiger charge is 2.37. The molecule has 0 radical (unpaired) electrons. The molecule has 8 nitrogen and oxygen atoms in total. The highest BCUT2D eigenvalue weighted by atomic mass is 19.1.